The van der Waals surface area contributed by atoms with E-state index in [1.165, 1.54) is 48.5 Å². The van der Waals surface area contributed by atoms with Crippen molar-refractivity contribution in [3.05, 3.63) is 118 Å². The molecule has 0 spiro atoms. The van der Waals surface area contributed by atoms with E-state index < -0.39 is 5.82 Å². The topological polar surface area (TPSA) is 49.6 Å². The highest BCUT2D eigenvalue weighted by Crippen LogP contribution is 2.32. The number of hydrogen-bond donors (Lipinski definition) is 0. The van der Waals surface area contributed by atoms with Crippen molar-refractivity contribution in [2.45, 2.75) is 13.0 Å². The van der Waals surface area contributed by atoms with Gasteiger partial charge < -0.3 is 9.42 Å². The first-order valence-corrected chi connectivity index (χ1v) is 11.7. The van der Waals surface area contributed by atoms with Crippen LogP contribution in [0.3, 0.4) is 0 Å². The van der Waals surface area contributed by atoms with Crippen molar-refractivity contribution in [2.24, 2.45) is 0 Å². The van der Waals surface area contributed by atoms with Crippen molar-refractivity contribution < 1.29 is 22.5 Å². The van der Waals surface area contributed by atoms with Crippen LogP contribution in [0.4, 0.5) is 19.1 Å². The van der Waals surface area contributed by atoms with Crippen LogP contribution in [-0.2, 0) is 0 Å². The summed E-state index contributed by atoms with van der Waals surface area (Å²) in [4.78, 5) is 17.1. The van der Waals surface area contributed by atoms with Crippen molar-refractivity contribution in [3.8, 4) is 0 Å². The van der Waals surface area contributed by atoms with Crippen LogP contribution in [-0.4, -0.2) is 42.0 Å². The molecule has 0 N–H and O–H groups in total. The number of anilines is 1. The summed E-state index contributed by atoms with van der Waals surface area (Å²) in [6.07, 6.45) is 0. The van der Waals surface area contributed by atoms with Crippen LogP contribution in [0.2, 0.25) is 0 Å². The maximum absolute atomic E-state index is 13.6. The van der Waals surface area contributed by atoms with Gasteiger partial charge in [0.05, 0.1) is 6.04 Å². The Labute approximate surface area is 206 Å². The quantitative estimate of drug-likeness (QED) is 0.332. The van der Waals surface area contributed by atoms with Gasteiger partial charge in [0.15, 0.2) is 5.69 Å². The van der Waals surface area contributed by atoms with E-state index in [1.54, 1.807) is 31.2 Å². The van der Waals surface area contributed by atoms with Crippen LogP contribution in [0, 0.1) is 24.4 Å². The van der Waals surface area contributed by atoms with Gasteiger partial charge in [0.25, 0.3) is 0 Å². The first kappa shape index (κ1) is 23.8. The monoisotopic (exact) mass is 491 g/mol. The highest BCUT2D eigenvalue weighted by Gasteiger charge is 2.30. The SMILES string of the molecule is Cc1c(C(=O)c2ccc(F)cc2)noc1N1CCN(C(c2ccc(F)cc2)c2ccc(F)cc2)CC1. The van der Waals surface area contributed by atoms with Gasteiger partial charge in [0.1, 0.15) is 17.5 Å². The van der Waals surface area contributed by atoms with Gasteiger partial charge in [-0.3, -0.25) is 9.69 Å². The van der Waals surface area contributed by atoms with Gasteiger partial charge in [-0.1, -0.05) is 29.4 Å². The van der Waals surface area contributed by atoms with Crippen molar-refractivity contribution in [1.29, 1.82) is 0 Å². The number of rotatable bonds is 6. The van der Waals surface area contributed by atoms with E-state index in [0.717, 1.165) is 11.1 Å². The Bertz CT molecular complexity index is 1300. The second-order valence-electron chi connectivity index (χ2n) is 8.83. The Morgan fingerprint density at radius 3 is 1.75 bits per heavy atom. The molecule has 4 aromatic rings. The average Bonchev–Trinajstić information content (AvgIpc) is 3.28. The van der Waals surface area contributed by atoms with Crippen molar-refractivity contribution >= 4 is 11.7 Å². The number of nitrogens with zero attached hydrogens (tertiary/aromatic N) is 3. The minimum atomic E-state index is -0.415. The lowest BCUT2D eigenvalue weighted by molar-refractivity contribution is 0.103. The Morgan fingerprint density at radius 1 is 0.778 bits per heavy atom. The van der Waals surface area contributed by atoms with Crippen molar-refractivity contribution in [2.75, 3.05) is 31.1 Å². The number of carbonyl (C=O) groups is 1. The minimum Gasteiger partial charge on any atom is -0.338 e. The summed E-state index contributed by atoms with van der Waals surface area (Å²) in [7, 11) is 0. The van der Waals surface area contributed by atoms with Crippen LogP contribution in [0.1, 0.15) is 38.8 Å². The molecule has 1 saturated heterocycles. The number of halogens is 3. The van der Waals surface area contributed by atoms with Gasteiger partial charge in [-0.25, -0.2) is 13.2 Å². The van der Waals surface area contributed by atoms with Crippen LogP contribution in [0.5, 0.6) is 0 Å². The molecule has 5 rings (SSSR count). The third kappa shape index (κ3) is 4.77. The number of carbonyl (C=O) groups excluding carboxylic acids is 1. The van der Waals surface area contributed by atoms with Gasteiger partial charge in [-0.2, -0.15) is 0 Å². The molecule has 8 heteroatoms. The molecule has 5 nitrogen and oxygen atoms in total. The number of aromatic nitrogens is 1. The standard InChI is InChI=1S/C28H24F3N3O2/c1-18-25(27(35)21-6-12-24(31)13-7-21)32-36-28(18)34-16-14-33(15-17-34)26(19-2-8-22(29)9-3-19)20-4-10-23(30)11-5-20/h2-13,26H,14-17H2,1H3. The molecule has 36 heavy (non-hydrogen) atoms. The van der Waals surface area contributed by atoms with Gasteiger partial charge in [0.2, 0.25) is 11.7 Å². The highest BCUT2D eigenvalue weighted by molar-refractivity contribution is 6.09. The van der Waals surface area contributed by atoms with E-state index in [1.807, 2.05) is 4.90 Å². The van der Waals surface area contributed by atoms with Gasteiger partial charge >= 0.3 is 0 Å². The maximum Gasteiger partial charge on any atom is 0.231 e. The molecule has 1 fully saturated rings. The Morgan fingerprint density at radius 2 is 1.25 bits per heavy atom. The zero-order chi connectivity index (χ0) is 25.2. The Balaban J connectivity index is 1.34. The number of hydrogen-bond acceptors (Lipinski definition) is 5. The molecule has 0 aliphatic carbocycles. The molecule has 1 aliphatic heterocycles. The zero-order valence-electron chi connectivity index (χ0n) is 19.6. The van der Waals surface area contributed by atoms with E-state index >= 15 is 0 Å². The summed E-state index contributed by atoms with van der Waals surface area (Å²) < 4.78 is 46.0. The van der Waals surface area contributed by atoms with E-state index in [9.17, 15) is 18.0 Å². The number of benzene rings is 3. The lowest BCUT2D eigenvalue weighted by Gasteiger charge is -2.39. The second kappa shape index (κ2) is 9.99. The van der Waals surface area contributed by atoms with Crippen LogP contribution in [0.15, 0.2) is 77.3 Å². The molecule has 1 aliphatic rings. The van der Waals surface area contributed by atoms with E-state index in [4.69, 9.17) is 4.52 Å². The fraction of sp³-hybridized carbons (Fsp3) is 0.214. The lowest BCUT2D eigenvalue weighted by atomic mass is 9.96. The molecule has 2 heterocycles. The van der Waals surface area contributed by atoms with E-state index in [0.29, 0.717) is 43.2 Å². The van der Waals surface area contributed by atoms with Gasteiger partial charge in [0, 0.05) is 37.3 Å². The molecule has 3 aromatic carbocycles. The first-order valence-electron chi connectivity index (χ1n) is 11.7. The average molecular weight is 492 g/mol. The number of piperazine rings is 1. The van der Waals surface area contributed by atoms with Gasteiger partial charge in [-0.15, -0.1) is 0 Å². The van der Waals surface area contributed by atoms with Crippen molar-refractivity contribution in [1.82, 2.24) is 10.1 Å². The predicted molar refractivity (Wildman–Crippen MR) is 130 cm³/mol. The number of ketones is 1. The third-order valence-corrected chi connectivity index (χ3v) is 6.56. The third-order valence-electron chi connectivity index (χ3n) is 6.56. The largest absolute Gasteiger partial charge is 0.338 e. The summed E-state index contributed by atoms with van der Waals surface area (Å²) in [5.74, 6) is -0.836. The fourth-order valence-electron chi connectivity index (χ4n) is 4.66. The molecule has 1 aromatic heterocycles. The Hall–Kier alpha value is -3.91. The molecular formula is C28H24F3N3O2. The summed E-state index contributed by atoms with van der Waals surface area (Å²) in [5.41, 5.74) is 3.01. The molecule has 0 atom stereocenters. The molecule has 0 amide bonds. The molecule has 184 valence electrons. The summed E-state index contributed by atoms with van der Waals surface area (Å²) >= 11 is 0. The fourth-order valence-corrected chi connectivity index (χ4v) is 4.66. The molecule has 0 saturated carbocycles. The molecule has 0 radical (unpaired) electrons. The van der Waals surface area contributed by atoms with Crippen LogP contribution >= 0.6 is 0 Å². The summed E-state index contributed by atoms with van der Waals surface area (Å²) in [6, 6.07) is 17.9. The molecule has 0 bridgehead atoms. The van der Waals surface area contributed by atoms with Gasteiger partial charge in [-0.05, 0) is 66.6 Å². The molecular weight excluding hydrogens is 467 g/mol. The molecule has 0 unspecified atom stereocenters. The summed E-state index contributed by atoms with van der Waals surface area (Å²) in [6.45, 7) is 4.31. The predicted octanol–water partition coefficient (Wildman–Crippen LogP) is 5.54. The summed E-state index contributed by atoms with van der Waals surface area (Å²) in [5, 5.41) is 4.01. The minimum absolute atomic E-state index is 0.167. The maximum atomic E-state index is 13.6. The normalized spacial score (nSPS) is 14.4. The zero-order valence-corrected chi connectivity index (χ0v) is 19.6. The lowest BCUT2D eigenvalue weighted by Crippen LogP contribution is -2.48. The van der Waals surface area contributed by atoms with Crippen LogP contribution in [0.25, 0.3) is 0 Å². The highest BCUT2D eigenvalue weighted by atomic mass is 19.1. The van der Waals surface area contributed by atoms with Crippen LogP contribution < -0.4 is 4.90 Å². The van der Waals surface area contributed by atoms with Crippen molar-refractivity contribution in [3.63, 3.8) is 0 Å². The smallest absolute Gasteiger partial charge is 0.231 e. The van der Waals surface area contributed by atoms with E-state index in [-0.39, 0.29) is 29.2 Å². The van der Waals surface area contributed by atoms with E-state index in [2.05, 4.69) is 10.1 Å². The Kier molecular flexibility index (Phi) is 6.61. The first-order chi connectivity index (χ1) is 17.4. The second-order valence-corrected chi connectivity index (χ2v) is 8.83.